The number of halogens is 4. The number of hydrogen-bond donors (Lipinski definition) is 1. The monoisotopic (exact) mass is 379 g/mol. The van der Waals surface area contributed by atoms with Gasteiger partial charge in [0.05, 0.1) is 5.56 Å². The van der Waals surface area contributed by atoms with Crippen LogP contribution in [0.2, 0.25) is 0 Å². The molecule has 9 heteroatoms. The highest BCUT2D eigenvalue weighted by Gasteiger charge is 2.31. The van der Waals surface area contributed by atoms with Crippen LogP contribution in [0.4, 0.5) is 13.2 Å². The average Bonchev–Trinajstić information content (AvgIpc) is 2.58. The molecule has 140 valence electrons. The van der Waals surface area contributed by atoms with Gasteiger partial charge in [-0.3, -0.25) is 9.59 Å². The molecule has 1 aliphatic rings. The Labute approximate surface area is 150 Å². The molecular formula is C16H21ClF3N3O2. The smallest absolute Gasteiger partial charge is 0.339 e. The minimum atomic E-state index is -4.42. The van der Waals surface area contributed by atoms with Crippen LogP contribution in [0.1, 0.15) is 22.3 Å². The summed E-state index contributed by atoms with van der Waals surface area (Å²) in [5, 5.41) is 2.91. The number of benzene rings is 1. The van der Waals surface area contributed by atoms with E-state index in [4.69, 9.17) is 0 Å². The van der Waals surface area contributed by atoms with E-state index in [9.17, 15) is 22.8 Å². The average molecular weight is 380 g/mol. The van der Waals surface area contributed by atoms with Crippen LogP contribution in [0.5, 0.6) is 0 Å². The molecule has 1 aromatic rings. The molecule has 0 spiro atoms. The first-order chi connectivity index (χ1) is 11.3. The van der Waals surface area contributed by atoms with Gasteiger partial charge in [-0.1, -0.05) is 0 Å². The SMILES string of the molecule is CNCCC(=O)N1CCN(C(=O)c2ccc(C(F)(F)F)cc2)CC1.Cl. The van der Waals surface area contributed by atoms with E-state index in [0.717, 1.165) is 12.1 Å². The number of carbonyl (C=O) groups excluding carboxylic acids is 2. The largest absolute Gasteiger partial charge is 0.416 e. The third kappa shape index (κ3) is 5.61. The normalized spacial score (nSPS) is 14.9. The molecule has 0 saturated carbocycles. The number of piperazine rings is 1. The summed E-state index contributed by atoms with van der Waals surface area (Å²) in [7, 11) is 1.77. The van der Waals surface area contributed by atoms with E-state index in [2.05, 4.69) is 5.32 Å². The maximum Gasteiger partial charge on any atom is 0.416 e. The second kappa shape index (κ2) is 9.05. The lowest BCUT2D eigenvalue weighted by Crippen LogP contribution is -2.50. The van der Waals surface area contributed by atoms with Crippen molar-refractivity contribution >= 4 is 24.2 Å². The molecule has 1 fully saturated rings. The van der Waals surface area contributed by atoms with Crippen LogP contribution < -0.4 is 5.32 Å². The van der Waals surface area contributed by atoms with E-state index in [0.29, 0.717) is 39.1 Å². The highest BCUT2D eigenvalue weighted by Crippen LogP contribution is 2.29. The van der Waals surface area contributed by atoms with Crippen LogP contribution in [-0.4, -0.2) is 61.4 Å². The number of alkyl halides is 3. The van der Waals surface area contributed by atoms with Crippen LogP contribution in [0, 0.1) is 0 Å². The molecule has 0 aromatic heterocycles. The van der Waals surface area contributed by atoms with Crippen LogP contribution in [0.15, 0.2) is 24.3 Å². The Balaban J connectivity index is 0.00000312. The Bertz CT molecular complexity index is 585. The standard InChI is InChI=1S/C16H20F3N3O2.ClH/c1-20-7-6-14(23)21-8-10-22(11-9-21)15(24)12-2-4-13(5-3-12)16(17,18)19;/h2-5,20H,6-11H2,1H3;1H. The molecule has 2 amide bonds. The predicted octanol–water partition coefficient (Wildman–Crippen LogP) is 2.02. The Morgan fingerprint density at radius 3 is 2.04 bits per heavy atom. The van der Waals surface area contributed by atoms with Gasteiger partial charge < -0.3 is 15.1 Å². The molecular weight excluding hydrogens is 359 g/mol. The molecule has 1 heterocycles. The number of amides is 2. The molecule has 1 saturated heterocycles. The van der Waals surface area contributed by atoms with Crippen LogP contribution in [-0.2, 0) is 11.0 Å². The summed E-state index contributed by atoms with van der Waals surface area (Å²) in [6.07, 6.45) is -4.01. The fraction of sp³-hybridized carbons (Fsp3) is 0.500. The Hall–Kier alpha value is -1.80. The maximum atomic E-state index is 12.5. The Morgan fingerprint density at radius 1 is 1.04 bits per heavy atom. The van der Waals surface area contributed by atoms with E-state index in [1.165, 1.54) is 12.1 Å². The number of nitrogens with zero attached hydrogens (tertiary/aromatic N) is 2. The minimum Gasteiger partial charge on any atom is -0.339 e. The summed E-state index contributed by atoms with van der Waals surface area (Å²) in [4.78, 5) is 27.5. The Kier molecular flexibility index (Phi) is 7.69. The lowest BCUT2D eigenvalue weighted by Gasteiger charge is -2.35. The maximum absolute atomic E-state index is 12.5. The third-order valence-corrected chi connectivity index (χ3v) is 3.97. The molecule has 5 nitrogen and oxygen atoms in total. The molecule has 25 heavy (non-hydrogen) atoms. The van der Waals surface area contributed by atoms with Crippen LogP contribution >= 0.6 is 12.4 Å². The molecule has 0 aliphatic carbocycles. The molecule has 0 bridgehead atoms. The van der Waals surface area contributed by atoms with Crippen molar-refractivity contribution in [2.75, 3.05) is 39.8 Å². The first kappa shape index (κ1) is 21.2. The van der Waals surface area contributed by atoms with Crippen LogP contribution in [0.3, 0.4) is 0 Å². The predicted molar refractivity (Wildman–Crippen MR) is 89.7 cm³/mol. The van der Waals surface area contributed by atoms with Crippen molar-refractivity contribution in [1.82, 2.24) is 15.1 Å². The molecule has 0 radical (unpaired) electrons. The highest BCUT2D eigenvalue weighted by atomic mass is 35.5. The molecule has 1 N–H and O–H groups in total. The topological polar surface area (TPSA) is 52.7 Å². The van der Waals surface area contributed by atoms with E-state index in [-0.39, 0.29) is 29.8 Å². The van der Waals surface area contributed by atoms with E-state index in [1.807, 2.05) is 0 Å². The second-order valence-corrected chi connectivity index (χ2v) is 5.60. The molecule has 0 atom stereocenters. The molecule has 1 aliphatic heterocycles. The van der Waals surface area contributed by atoms with E-state index < -0.39 is 11.7 Å². The van der Waals surface area contributed by atoms with Crippen molar-refractivity contribution in [3.63, 3.8) is 0 Å². The Morgan fingerprint density at radius 2 is 1.56 bits per heavy atom. The first-order valence-electron chi connectivity index (χ1n) is 7.72. The lowest BCUT2D eigenvalue weighted by molar-refractivity contribution is -0.137. The molecule has 2 rings (SSSR count). The zero-order valence-corrected chi connectivity index (χ0v) is 14.6. The number of hydrogen-bond acceptors (Lipinski definition) is 3. The van der Waals surface area contributed by atoms with Gasteiger partial charge in [0.15, 0.2) is 0 Å². The van der Waals surface area contributed by atoms with Gasteiger partial charge in [0.2, 0.25) is 5.91 Å². The summed E-state index contributed by atoms with van der Waals surface area (Å²) < 4.78 is 37.6. The summed E-state index contributed by atoms with van der Waals surface area (Å²) in [5.74, 6) is -0.281. The zero-order chi connectivity index (χ0) is 17.7. The van der Waals surface area contributed by atoms with Gasteiger partial charge >= 0.3 is 6.18 Å². The van der Waals surface area contributed by atoms with E-state index in [1.54, 1.807) is 16.8 Å². The van der Waals surface area contributed by atoms with Gasteiger partial charge in [0.1, 0.15) is 0 Å². The van der Waals surface area contributed by atoms with Crippen molar-refractivity contribution in [2.45, 2.75) is 12.6 Å². The second-order valence-electron chi connectivity index (χ2n) is 5.60. The summed E-state index contributed by atoms with van der Waals surface area (Å²) >= 11 is 0. The van der Waals surface area contributed by atoms with Gasteiger partial charge in [-0.2, -0.15) is 13.2 Å². The summed E-state index contributed by atoms with van der Waals surface area (Å²) in [5.41, 5.74) is -0.558. The van der Waals surface area contributed by atoms with Crippen molar-refractivity contribution < 1.29 is 22.8 Å². The highest BCUT2D eigenvalue weighted by molar-refractivity contribution is 5.94. The van der Waals surface area contributed by atoms with Gasteiger partial charge in [-0.15, -0.1) is 12.4 Å². The minimum absolute atomic E-state index is 0. The van der Waals surface area contributed by atoms with Gasteiger partial charge in [0.25, 0.3) is 5.91 Å². The number of rotatable bonds is 4. The zero-order valence-electron chi connectivity index (χ0n) is 13.8. The van der Waals surface area contributed by atoms with Crippen molar-refractivity contribution in [3.8, 4) is 0 Å². The van der Waals surface area contributed by atoms with Crippen LogP contribution in [0.25, 0.3) is 0 Å². The first-order valence-corrected chi connectivity index (χ1v) is 7.72. The van der Waals surface area contributed by atoms with Gasteiger partial charge in [-0.25, -0.2) is 0 Å². The van der Waals surface area contributed by atoms with Gasteiger partial charge in [-0.05, 0) is 31.3 Å². The van der Waals surface area contributed by atoms with Crippen molar-refractivity contribution in [1.29, 1.82) is 0 Å². The van der Waals surface area contributed by atoms with Crippen molar-refractivity contribution in [2.24, 2.45) is 0 Å². The number of carbonyl (C=O) groups is 2. The fourth-order valence-electron chi connectivity index (χ4n) is 2.53. The molecule has 0 unspecified atom stereocenters. The van der Waals surface area contributed by atoms with Crippen molar-refractivity contribution in [3.05, 3.63) is 35.4 Å². The molecule has 1 aromatic carbocycles. The van der Waals surface area contributed by atoms with E-state index >= 15 is 0 Å². The summed E-state index contributed by atoms with van der Waals surface area (Å²) in [6.45, 7) is 2.24. The lowest BCUT2D eigenvalue weighted by atomic mass is 10.1. The number of nitrogens with one attached hydrogen (secondary N) is 1. The quantitative estimate of drug-likeness (QED) is 0.870. The van der Waals surface area contributed by atoms with Gasteiger partial charge in [0, 0.05) is 44.7 Å². The third-order valence-electron chi connectivity index (χ3n) is 3.97. The fourth-order valence-corrected chi connectivity index (χ4v) is 2.53. The summed E-state index contributed by atoms with van der Waals surface area (Å²) in [6, 6.07) is 4.20.